The highest BCUT2D eigenvalue weighted by molar-refractivity contribution is 7.89. The molecule has 0 aliphatic carbocycles. The van der Waals surface area contributed by atoms with Gasteiger partial charge < -0.3 is 14.5 Å². The number of hydrogen-bond acceptors (Lipinski definition) is 6. The number of benzene rings is 2. The Morgan fingerprint density at radius 2 is 1.74 bits per heavy atom. The van der Waals surface area contributed by atoms with Gasteiger partial charge in [-0.3, -0.25) is 4.79 Å². The van der Waals surface area contributed by atoms with Crippen molar-refractivity contribution in [3.8, 4) is 11.3 Å². The molecule has 8 nitrogen and oxygen atoms in total. The average molecular weight is 496 g/mol. The van der Waals surface area contributed by atoms with Crippen LogP contribution in [0.3, 0.4) is 0 Å². The second kappa shape index (κ2) is 10.1. The molecule has 0 aliphatic heterocycles. The van der Waals surface area contributed by atoms with Gasteiger partial charge >= 0.3 is 12.1 Å². The normalized spacial score (nSPS) is 11.8. The molecule has 1 amide bonds. The van der Waals surface area contributed by atoms with E-state index in [0.717, 1.165) is 17.7 Å². The monoisotopic (exact) mass is 496 g/mol. The summed E-state index contributed by atoms with van der Waals surface area (Å²) in [6.45, 7) is -0.395. The first-order chi connectivity index (χ1) is 15.9. The number of primary sulfonamides is 1. The Morgan fingerprint density at radius 3 is 2.38 bits per heavy atom. The molecule has 2 aromatic carbocycles. The Balaban J connectivity index is 1.48. The van der Waals surface area contributed by atoms with Gasteiger partial charge in [0.2, 0.25) is 15.8 Å². The molecule has 1 aromatic heterocycles. The molecule has 0 spiro atoms. The molecule has 3 aromatic rings. The maximum absolute atomic E-state index is 12.9. The van der Waals surface area contributed by atoms with E-state index in [2.05, 4.69) is 5.32 Å². The van der Waals surface area contributed by atoms with Crippen molar-refractivity contribution in [1.29, 1.82) is 0 Å². The fourth-order valence-electron chi connectivity index (χ4n) is 2.90. The lowest BCUT2D eigenvalue weighted by Gasteiger charge is -2.07. The minimum absolute atomic E-state index is 0.0265. The number of carbonyl (C=O) groups excluding carboxylic acids is 2. The van der Waals surface area contributed by atoms with Crippen LogP contribution in [-0.4, -0.2) is 33.4 Å². The van der Waals surface area contributed by atoms with Gasteiger partial charge in [-0.05, 0) is 48.4 Å². The Labute approximate surface area is 192 Å². The van der Waals surface area contributed by atoms with E-state index in [1.807, 2.05) is 0 Å². The minimum Gasteiger partial charge on any atom is -0.450 e. The minimum atomic E-state index is -4.52. The standard InChI is InChI=1S/C22H19F3N2O6S/c23-22(24,25)16-3-1-2-15(12-16)18-8-9-19(33-18)21(29)32-13-20(28)27-11-10-14-4-6-17(7-5-14)34(26,30)31/h1-9,12H,10-11,13H2,(H,27,28)(H2,26,30,31). The van der Waals surface area contributed by atoms with Crippen LogP contribution in [0.4, 0.5) is 13.2 Å². The summed E-state index contributed by atoms with van der Waals surface area (Å²) in [5, 5.41) is 7.56. The molecule has 0 unspecified atom stereocenters. The SMILES string of the molecule is NS(=O)(=O)c1ccc(CCNC(=O)COC(=O)c2ccc(-c3cccc(C(F)(F)F)c3)o2)cc1. The molecule has 12 heteroatoms. The van der Waals surface area contributed by atoms with Crippen LogP contribution in [0.25, 0.3) is 11.3 Å². The molecule has 0 atom stereocenters. The van der Waals surface area contributed by atoms with E-state index >= 15 is 0 Å². The van der Waals surface area contributed by atoms with Gasteiger partial charge in [0.1, 0.15) is 5.76 Å². The van der Waals surface area contributed by atoms with Gasteiger partial charge in [-0.25, -0.2) is 18.4 Å². The van der Waals surface area contributed by atoms with Crippen molar-refractivity contribution in [2.45, 2.75) is 17.5 Å². The van der Waals surface area contributed by atoms with Gasteiger partial charge in [-0.2, -0.15) is 13.2 Å². The van der Waals surface area contributed by atoms with Gasteiger partial charge in [0, 0.05) is 12.1 Å². The Bertz CT molecular complexity index is 1280. The molecular weight excluding hydrogens is 477 g/mol. The maximum Gasteiger partial charge on any atom is 0.416 e. The summed E-state index contributed by atoms with van der Waals surface area (Å²) in [7, 11) is -3.79. The summed E-state index contributed by atoms with van der Waals surface area (Å²) in [4.78, 5) is 24.0. The van der Waals surface area contributed by atoms with E-state index in [0.29, 0.717) is 6.42 Å². The number of furan rings is 1. The van der Waals surface area contributed by atoms with E-state index in [-0.39, 0.29) is 28.5 Å². The number of carbonyl (C=O) groups is 2. The number of ether oxygens (including phenoxy) is 1. The molecule has 34 heavy (non-hydrogen) atoms. The van der Waals surface area contributed by atoms with Gasteiger partial charge in [0.25, 0.3) is 5.91 Å². The maximum atomic E-state index is 12.9. The first-order valence-electron chi connectivity index (χ1n) is 9.76. The summed E-state index contributed by atoms with van der Waals surface area (Å²) in [5.74, 6) is -1.77. The highest BCUT2D eigenvalue weighted by Crippen LogP contribution is 2.32. The van der Waals surface area contributed by atoms with Gasteiger partial charge in [-0.15, -0.1) is 0 Å². The highest BCUT2D eigenvalue weighted by atomic mass is 32.2. The van der Waals surface area contributed by atoms with Gasteiger partial charge in [-0.1, -0.05) is 24.3 Å². The summed E-state index contributed by atoms with van der Waals surface area (Å²) < 4.78 is 71.2. The number of sulfonamides is 1. The first kappa shape index (κ1) is 25.0. The molecule has 180 valence electrons. The van der Waals surface area contributed by atoms with Crippen molar-refractivity contribution < 1.29 is 40.3 Å². The van der Waals surface area contributed by atoms with Crippen molar-refractivity contribution in [3.63, 3.8) is 0 Å². The predicted molar refractivity (Wildman–Crippen MR) is 114 cm³/mol. The Kier molecular flexibility index (Phi) is 7.42. The van der Waals surface area contributed by atoms with Crippen LogP contribution in [0.1, 0.15) is 21.7 Å². The van der Waals surface area contributed by atoms with Crippen molar-refractivity contribution in [2.24, 2.45) is 5.14 Å². The molecule has 3 N–H and O–H groups in total. The topological polar surface area (TPSA) is 129 Å². The number of halogens is 3. The quantitative estimate of drug-likeness (QED) is 0.461. The lowest BCUT2D eigenvalue weighted by atomic mass is 10.1. The number of alkyl halides is 3. The van der Waals surface area contributed by atoms with Crippen LogP contribution < -0.4 is 10.5 Å². The number of amides is 1. The van der Waals surface area contributed by atoms with Crippen LogP contribution in [0.2, 0.25) is 0 Å². The molecule has 0 saturated heterocycles. The Hall–Kier alpha value is -3.64. The van der Waals surface area contributed by atoms with Crippen LogP contribution in [0.15, 0.2) is 70.0 Å². The Morgan fingerprint density at radius 1 is 1.03 bits per heavy atom. The summed E-state index contributed by atoms with van der Waals surface area (Å²) in [5.41, 5.74) is 0.0219. The molecule has 0 aliphatic rings. The summed E-state index contributed by atoms with van der Waals surface area (Å²) in [6.07, 6.45) is -4.13. The summed E-state index contributed by atoms with van der Waals surface area (Å²) >= 11 is 0. The zero-order valence-electron chi connectivity index (χ0n) is 17.5. The van der Waals surface area contributed by atoms with Crippen LogP contribution in [-0.2, 0) is 32.2 Å². The average Bonchev–Trinajstić information content (AvgIpc) is 3.27. The molecule has 0 fully saturated rings. The van der Waals surface area contributed by atoms with Crippen LogP contribution in [0.5, 0.6) is 0 Å². The van der Waals surface area contributed by atoms with Crippen molar-refractivity contribution in [2.75, 3.05) is 13.2 Å². The second-order valence-electron chi connectivity index (χ2n) is 7.11. The highest BCUT2D eigenvalue weighted by Gasteiger charge is 2.30. The lowest BCUT2D eigenvalue weighted by Crippen LogP contribution is -2.30. The molecule has 3 rings (SSSR count). The van der Waals surface area contributed by atoms with E-state index in [9.17, 15) is 31.2 Å². The zero-order chi connectivity index (χ0) is 24.9. The number of esters is 1. The van der Waals surface area contributed by atoms with E-state index in [4.69, 9.17) is 14.3 Å². The van der Waals surface area contributed by atoms with E-state index in [1.165, 1.54) is 36.4 Å². The second-order valence-corrected chi connectivity index (χ2v) is 8.67. The number of rotatable bonds is 8. The fourth-order valence-corrected chi connectivity index (χ4v) is 3.41. The number of nitrogens with two attached hydrogens (primary N) is 1. The predicted octanol–water partition coefficient (Wildman–Crippen LogP) is 3.13. The zero-order valence-corrected chi connectivity index (χ0v) is 18.3. The number of nitrogens with one attached hydrogen (secondary N) is 1. The molecule has 0 bridgehead atoms. The smallest absolute Gasteiger partial charge is 0.416 e. The third-order valence-electron chi connectivity index (χ3n) is 4.60. The fraction of sp³-hybridized carbons (Fsp3) is 0.182. The van der Waals surface area contributed by atoms with E-state index in [1.54, 1.807) is 12.1 Å². The summed E-state index contributed by atoms with van der Waals surface area (Å²) in [6, 6.07) is 12.8. The largest absolute Gasteiger partial charge is 0.450 e. The molecular formula is C22H19F3N2O6S. The van der Waals surface area contributed by atoms with Crippen molar-refractivity contribution in [3.05, 3.63) is 77.6 Å². The molecule has 1 heterocycles. The molecule has 0 saturated carbocycles. The number of hydrogen-bond donors (Lipinski definition) is 2. The van der Waals surface area contributed by atoms with Crippen LogP contribution >= 0.6 is 0 Å². The third kappa shape index (κ3) is 6.68. The molecule has 0 radical (unpaired) electrons. The third-order valence-corrected chi connectivity index (χ3v) is 5.53. The lowest BCUT2D eigenvalue weighted by molar-refractivity contribution is -0.137. The van der Waals surface area contributed by atoms with Crippen LogP contribution in [0, 0.1) is 0 Å². The van der Waals surface area contributed by atoms with Gasteiger partial charge in [0.15, 0.2) is 6.61 Å². The first-order valence-corrected chi connectivity index (χ1v) is 11.3. The van der Waals surface area contributed by atoms with E-state index < -0.39 is 40.2 Å². The van der Waals surface area contributed by atoms with Crippen molar-refractivity contribution >= 4 is 21.9 Å². The van der Waals surface area contributed by atoms with Gasteiger partial charge in [0.05, 0.1) is 10.5 Å². The van der Waals surface area contributed by atoms with Crippen molar-refractivity contribution in [1.82, 2.24) is 5.32 Å².